The Labute approximate surface area is 131 Å². The molecule has 0 aliphatic heterocycles. The summed E-state index contributed by atoms with van der Waals surface area (Å²) in [4.78, 5) is 26.7. The number of nitrogens with zero attached hydrogens (tertiary/aromatic N) is 1. The molecule has 2 N–H and O–H groups in total. The molecule has 5 nitrogen and oxygen atoms in total. The van der Waals surface area contributed by atoms with Crippen molar-refractivity contribution in [3.05, 3.63) is 41.8 Å². The van der Waals surface area contributed by atoms with Gasteiger partial charge in [0.25, 0.3) is 0 Å². The maximum absolute atomic E-state index is 13.6. The highest BCUT2D eigenvalue weighted by molar-refractivity contribution is 7.98. The van der Waals surface area contributed by atoms with Gasteiger partial charge in [0.15, 0.2) is 0 Å². The van der Waals surface area contributed by atoms with E-state index < -0.39 is 6.03 Å². The van der Waals surface area contributed by atoms with E-state index in [0.717, 1.165) is 16.5 Å². The smallest absolute Gasteiger partial charge is 0.321 e. The molecular formula is C15H16FN3O2S. The van der Waals surface area contributed by atoms with Gasteiger partial charge in [-0.25, -0.2) is 9.18 Å². The van der Waals surface area contributed by atoms with E-state index in [1.165, 1.54) is 30.9 Å². The molecule has 22 heavy (non-hydrogen) atoms. The van der Waals surface area contributed by atoms with E-state index in [2.05, 4.69) is 15.6 Å². The molecule has 0 atom stereocenters. The molecule has 1 aromatic heterocycles. The SMILES string of the molecule is CNC(=O)NC(=O)CCSCc1cc(F)cc2cccnc12. The number of fused-ring (bicyclic) bond motifs is 1. The van der Waals surface area contributed by atoms with E-state index >= 15 is 0 Å². The molecule has 0 bridgehead atoms. The number of hydrogen-bond donors (Lipinski definition) is 2. The minimum atomic E-state index is -0.518. The predicted molar refractivity (Wildman–Crippen MR) is 85.1 cm³/mol. The third-order valence-electron chi connectivity index (χ3n) is 2.96. The number of pyridine rings is 1. The molecular weight excluding hydrogens is 305 g/mol. The van der Waals surface area contributed by atoms with E-state index in [0.29, 0.717) is 11.5 Å². The molecule has 2 aromatic rings. The highest BCUT2D eigenvalue weighted by atomic mass is 32.2. The fourth-order valence-electron chi connectivity index (χ4n) is 1.94. The van der Waals surface area contributed by atoms with Crippen molar-refractivity contribution in [1.29, 1.82) is 0 Å². The third kappa shape index (κ3) is 4.42. The van der Waals surface area contributed by atoms with Crippen LogP contribution in [0.15, 0.2) is 30.5 Å². The molecule has 0 fully saturated rings. The first-order valence-corrected chi connectivity index (χ1v) is 7.88. The van der Waals surface area contributed by atoms with Crippen LogP contribution in [0.5, 0.6) is 0 Å². The molecule has 0 spiro atoms. The minimum Gasteiger partial charge on any atom is -0.341 e. The molecule has 7 heteroatoms. The first kappa shape index (κ1) is 16.2. The summed E-state index contributed by atoms with van der Waals surface area (Å²) in [6.45, 7) is 0. The van der Waals surface area contributed by atoms with Gasteiger partial charge in [-0.2, -0.15) is 11.8 Å². The normalized spacial score (nSPS) is 10.5. The van der Waals surface area contributed by atoms with Gasteiger partial charge in [0.1, 0.15) is 5.82 Å². The third-order valence-corrected chi connectivity index (χ3v) is 3.97. The summed E-state index contributed by atoms with van der Waals surface area (Å²) in [7, 11) is 1.44. The first-order chi connectivity index (χ1) is 10.6. The van der Waals surface area contributed by atoms with Crippen LogP contribution in [0.2, 0.25) is 0 Å². The fourth-order valence-corrected chi connectivity index (χ4v) is 2.85. The highest BCUT2D eigenvalue weighted by Gasteiger charge is 2.08. The summed E-state index contributed by atoms with van der Waals surface area (Å²) in [5.41, 5.74) is 1.57. The highest BCUT2D eigenvalue weighted by Crippen LogP contribution is 2.22. The number of imide groups is 1. The molecule has 0 unspecified atom stereocenters. The summed E-state index contributed by atoms with van der Waals surface area (Å²) in [6.07, 6.45) is 1.89. The Hall–Kier alpha value is -2.15. The Kier molecular flexibility index (Phi) is 5.71. The standard InChI is InChI=1S/C15H16FN3O2S/c1-17-15(21)19-13(20)4-6-22-9-11-8-12(16)7-10-3-2-5-18-14(10)11/h2-3,5,7-8H,4,6,9H2,1H3,(H2,17,19,20,21). The van der Waals surface area contributed by atoms with Gasteiger partial charge in [0, 0.05) is 36.6 Å². The van der Waals surface area contributed by atoms with Gasteiger partial charge in [-0.15, -0.1) is 0 Å². The quantitative estimate of drug-likeness (QED) is 0.830. The van der Waals surface area contributed by atoms with E-state index in [1.54, 1.807) is 12.3 Å². The van der Waals surface area contributed by atoms with Crippen molar-refractivity contribution in [3.63, 3.8) is 0 Å². The lowest BCUT2D eigenvalue weighted by Crippen LogP contribution is -2.37. The molecule has 3 amide bonds. The minimum absolute atomic E-state index is 0.221. The number of amides is 3. The molecule has 0 aliphatic rings. The van der Waals surface area contributed by atoms with Gasteiger partial charge in [-0.3, -0.25) is 15.1 Å². The summed E-state index contributed by atoms with van der Waals surface area (Å²) >= 11 is 1.49. The van der Waals surface area contributed by atoms with Crippen molar-refractivity contribution in [2.45, 2.75) is 12.2 Å². The van der Waals surface area contributed by atoms with Gasteiger partial charge in [0.2, 0.25) is 5.91 Å². The topological polar surface area (TPSA) is 71.1 Å². The number of carbonyl (C=O) groups excluding carboxylic acids is 2. The molecule has 1 aromatic carbocycles. The maximum Gasteiger partial charge on any atom is 0.321 e. The maximum atomic E-state index is 13.6. The molecule has 0 radical (unpaired) electrons. The number of thioether (sulfide) groups is 1. The van der Waals surface area contributed by atoms with Crippen LogP contribution >= 0.6 is 11.8 Å². The first-order valence-electron chi connectivity index (χ1n) is 6.72. The number of nitrogens with one attached hydrogen (secondary N) is 2. The Morgan fingerprint density at radius 3 is 2.95 bits per heavy atom. The zero-order valence-electron chi connectivity index (χ0n) is 12.1. The number of hydrogen-bond acceptors (Lipinski definition) is 4. The summed E-state index contributed by atoms with van der Waals surface area (Å²) in [5, 5.41) is 5.26. The van der Waals surface area contributed by atoms with Crippen LogP contribution in [-0.2, 0) is 10.5 Å². The van der Waals surface area contributed by atoms with Crippen LogP contribution in [-0.4, -0.2) is 29.7 Å². The average molecular weight is 321 g/mol. The van der Waals surface area contributed by atoms with Gasteiger partial charge < -0.3 is 5.32 Å². The van der Waals surface area contributed by atoms with E-state index in [9.17, 15) is 14.0 Å². The zero-order valence-corrected chi connectivity index (χ0v) is 12.9. The molecule has 0 aliphatic carbocycles. The Morgan fingerprint density at radius 1 is 1.36 bits per heavy atom. The van der Waals surface area contributed by atoms with E-state index in [4.69, 9.17) is 0 Å². The summed E-state index contributed by atoms with van der Waals surface area (Å²) < 4.78 is 13.6. The molecule has 0 saturated carbocycles. The predicted octanol–water partition coefficient (Wildman–Crippen LogP) is 2.45. The lowest BCUT2D eigenvalue weighted by molar-refractivity contribution is -0.119. The van der Waals surface area contributed by atoms with E-state index in [1.807, 2.05) is 6.07 Å². The number of halogens is 1. The second kappa shape index (κ2) is 7.74. The zero-order chi connectivity index (χ0) is 15.9. The van der Waals surface area contributed by atoms with Crippen molar-refractivity contribution in [1.82, 2.24) is 15.6 Å². The van der Waals surface area contributed by atoms with Crippen LogP contribution in [0, 0.1) is 5.82 Å². The van der Waals surface area contributed by atoms with Gasteiger partial charge in [-0.1, -0.05) is 6.07 Å². The lowest BCUT2D eigenvalue weighted by atomic mass is 10.1. The second-order valence-electron chi connectivity index (χ2n) is 4.57. The summed E-state index contributed by atoms with van der Waals surface area (Å²) in [6, 6.07) is 5.98. The second-order valence-corrected chi connectivity index (χ2v) is 5.68. The molecule has 0 saturated heterocycles. The van der Waals surface area contributed by atoms with Crippen LogP contribution in [0.3, 0.4) is 0 Å². The number of carbonyl (C=O) groups is 2. The van der Waals surface area contributed by atoms with Crippen LogP contribution < -0.4 is 10.6 Å². The number of benzene rings is 1. The van der Waals surface area contributed by atoms with Crippen molar-refractivity contribution in [2.75, 3.05) is 12.8 Å². The largest absolute Gasteiger partial charge is 0.341 e. The van der Waals surface area contributed by atoms with Gasteiger partial charge >= 0.3 is 6.03 Å². The van der Waals surface area contributed by atoms with Crippen molar-refractivity contribution >= 4 is 34.6 Å². The summed E-state index contributed by atoms with van der Waals surface area (Å²) in [5.74, 6) is 0.453. The van der Waals surface area contributed by atoms with Crippen molar-refractivity contribution in [2.24, 2.45) is 0 Å². The van der Waals surface area contributed by atoms with Crippen molar-refractivity contribution < 1.29 is 14.0 Å². The molecule has 116 valence electrons. The monoisotopic (exact) mass is 321 g/mol. The Morgan fingerprint density at radius 2 is 2.18 bits per heavy atom. The lowest BCUT2D eigenvalue weighted by Gasteiger charge is -2.06. The Bertz CT molecular complexity index is 694. The number of urea groups is 1. The van der Waals surface area contributed by atoms with Crippen LogP contribution in [0.1, 0.15) is 12.0 Å². The van der Waals surface area contributed by atoms with Crippen LogP contribution in [0.4, 0.5) is 9.18 Å². The fraction of sp³-hybridized carbons (Fsp3) is 0.267. The molecule has 2 rings (SSSR count). The number of aromatic nitrogens is 1. The molecule has 1 heterocycles. The van der Waals surface area contributed by atoms with Crippen LogP contribution in [0.25, 0.3) is 10.9 Å². The average Bonchev–Trinajstić information content (AvgIpc) is 2.51. The van der Waals surface area contributed by atoms with Gasteiger partial charge in [-0.05, 0) is 23.8 Å². The Balaban J connectivity index is 1.90. The number of rotatable bonds is 5. The van der Waals surface area contributed by atoms with Crippen molar-refractivity contribution in [3.8, 4) is 0 Å². The van der Waals surface area contributed by atoms with Gasteiger partial charge in [0.05, 0.1) is 5.52 Å². The van der Waals surface area contributed by atoms with E-state index in [-0.39, 0.29) is 18.1 Å².